The van der Waals surface area contributed by atoms with Gasteiger partial charge in [0.1, 0.15) is 5.82 Å². The normalized spacial score (nSPS) is 23.6. The summed E-state index contributed by atoms with van der Waals surface area (Å²) in [4.78, 5) is 14.5. The van der Waals surface area contributed by atoms with Crippen LogP contribution in [0.1, 0.15) is 35.7 Å². The molecule has 1 fully saturated rings. The largest absolute Gasteiger partial charge is 0.399 e. The second-order valence-electron chi connectivity index (χ2n) is 5.72. The van der Waals surface area contributed by atoms with Crippen molar-refractivity contribution in [3.05, 3.63) is 29.1 Å². The zero-order valence-electron chi connectivity index (χ0n) is 12.2. The molecular formula is C15H22FN3O. The number of nitrogens with zero attached hydrogens (tertiary/aromatic N) is 1. The molecule has 0 radical (unpaired) electrons. The predicted molar refractivity (Wildman–Crippen MR) is 78.1 cm³/mol. The Kier molecular flexibility index (Phi) is 4.28. The number of amides is 1. The van der Waals surface area contributed by atoms with Gasteiger partial charge in [0.15, 0.2) is 0 Å². The van der Waals surface area contributed by atoms with Crippen molar-refractivity contribution < 1.29 is 9.18 Å². The van der Waals surface area contributed by atoms with Crippen LogP contribution in [0.25, 0.3) is 0 Å². The van der Waals surface area contributed by atoms with E-state index in [1.165, 1.54) is 12.1 Å². The van der Waals surface area contributed by atoms with Crippen LogP contribution in [0.4, 0.5) is 10.1 Å². The number of hydrogen-bond acceptors (Lipinski definition) is 3. The number of hydrogen-bond donors (Lipinski definition) is 2. The number of nitrogen functional groups attached to an aromatic ring is 1. The van der Waals surface area contributed by atoms with E-state index in [0.29, 0.717) is 17.3 Å². The number of likely N-dealkylation sites (tertiary alicyclic amines) is 1. The van der Waals surface area contributed by atoms with Crippen molar-refractivity contribution in [2.75, 3.05) is 19.3 Å². The van der Waals surface area contributed by atoms with Crippen molar-refractivity contribution in [3.63, 3.8) is 0 Å². The van der Waals surface area contributed by atoms with Crippen LogP contribution in [0.3, 0.4) is 0 Å². The lowest BCUT2D eigenvalue weighted by Crippen LogP contribution is -2.47. The molecule has 1 amide bonds. The van der Waals surface area contributed by atoms with Gasteiger partial charge in [-0.15, -0.1) is 0 Å². The quantitative estimate of drug-likeness (QED) is 0.813. The number of rotatable bonds is 2. The monoisotopic (exact) mass is 279 g/mol. The molecule has 0 aromatic heterocycles. The summed E-state index contributed by atoms with van der Waals surface area (Å²) >= 11 is 0. The molecule has 3 N–H and O–H groups in total. The van der Waals surface area contributed by atoms with E-state index in [0.717, 1.165) is 19.4 Å². The zero-order chi connectivity index (χ0) is 14.9. The smallest absolute Gasteiger partial charge is 0.254 e. The first-order valence-electron chi connectivity index (χ1n) is 6.95. The number of halogens is 1. The highest BCUT2D eigenvalue weighted by Gasteiger charge is 2.25. The molecule has 1 aromatic carbocycles. The molecule has 20 heavy (non-hydrogen) atoms. The van der Waals surface area contributed by atoms with Crippen LogP contribution >= 0.6 is 0 Å². The summed E-state index contributed by atoms with van der Waals surface area (Å²) in [5.41, 5.74) is 6.53. The van der Waals surface area contributed by atoms with E-state index in [1.54, 1.807) is 6.92 Å². The molecule has 1 heterocycles. The van der Waals surface area contributed by atoms with Gasteiger partial charge >= 0.3 is 0 Å². The first kappa shape index (κ1) is 14.8. The van der Waals surface area contributed by atoms with E-state index in [4.69, 9.17) is 5.73 Å². The van der Waals surface area contributed by atoms with Gasteiger partial charge in [-0.1, -0.05) is 0 Å². The molecule has 2 rings (SSSR count). The Morgan fingerprint density at radius 3 is 2.85 bits per heavy atom. The van der Waals surface area contributed by atoms with Crippen LogP contribution in [0.15, 0.2) is 12.1 Å². The molecule has 2 unspecified atom stereocenters. The van der Waals surface area contributed by atoms with Crippen molar-refractivity contribution in [1.29, 1.82) is 0 Å². The zero-order valence-corrected chi connectivity index (χ0v) is 12.2. The SMILES string of the molecule is Cc1cc(N)cc(C(=O)NC2CCN(C)C(C)C2)c1F. The second-order valence-corrected chi connectivity index (χ2v) is 5.72. The Labute approximate surface area is 119 Å². The fourth-order valence-electron chi connectivity index (χ4n) is 2.65. The van der Waals surface area contributed by atoms with Crippen LogP contribution in [0.2, 0.25) is 0 Å². The Morgan fingerprint density at radius 2 is 2.20 bits per heavy atom. The lowest BCUT2D eigenvalue weighted by Gasteiger charge is -2.35. The third-order valence-electron chi connectivity index (χ3n) is 4.07. The molecule has 1 aliphatic rings. The number of carbonyl (C=O) groups is 1. The summed E-state index contributed by atoms with van der Waals surface area (Å²) in [7, 11) is 2.07. The van der Waals surface area contributed by atoms with Gasteiger partial charge in [-0.2, -0.15) is 0 Å². The molecule has 4 nitrogen and oxygen atoms in total. The van der Waals surface area contributed by atoms with Crippen LogP contribution in [-0.2, 0) is 0 Å². The topological polar surface area (TPSA) is 58.4 Å². The molecule has 0 aliphatic carbocycles. The number of anilines is 1. The molecule has 1 saturated heterocycles. The summed E-state index contributed by atoms with van der Waals surface area (Å²) in [5, 5.41) is 2.92. The van der Waals surface area contributed by atoms with E-state index in [-0.39, 0.29) is 17.5 Å². The Bertz CT molecular complexity index is 518. The molecule has 0 bridgehead atoms. The number of benzene rings is 1. The lowest BCUT2D eigenvalue weighted by molar-refractivity contribution is 0.0892. The third-order valence-corrected chi connectivity index (χ3v) is 4.07. The maximum atomic E-state index is 14.0. The first-order chi connectivity index (χ1) is 9.38. The molecule has 1 aliphatic heterocycles. The molecule has 0 spiro atoms. The van der Waals surface area contributed by atoms with Gasteiger partial charge in [0.05, 0.1) is 5.56 Å². The van der Waals surface area contributed by atoms with Gasteiger partial charge in [-0.3, -0.25) is 4.79 Å². The minimum absolute atomic E-state index is 0.0362. The Hall–Kier alpha value is -1.62. The average Bonchev–Trinajstić information content (AvgIpc) is 2.38. The fraction of sp³-hybridized carbons (Fsp3) is 0.533. The number of aryl methyl sites for hydroxylation is 1. The van der Waals surface area contributed by atoms with Crippen molar-refractivity contribution in [3.8, 4) is 0 Å². The van der Waals surface area contributed by atoms with Gasteiger partial charge in [0.25, 0.3) is 5.91 Å². The number of nitrogens with one attached hydrogen (secondary N) is 1. The average molecular weight is 279 g/mol. The summed E-state index contributed by atoms with van der Waals surface area (Å²) < 4.78 is 14.0. The highest BCUT2D eigenvalue weighted by molar-refractivity contribution is 5.95. The van der Waals surface area contributed by atoms with E-state index in [9.17, 15) is 9.18 Å². The standard InChI is InChI=1S/C15H22FN3O/c1-9-6-11(17)8-13(14(9)16)15(20)18-12-4-5-19(3)10(2)7-12/h6,8,10,12H,4-5,7,17H2,1-3H3,(H,18,20). The second kappa shape index (κ2) is 5.79. The predicted octanol–water partition coefficient (Wildman–Crippen LogP) is 1.93. The Balaban J connectivity index is 2.09. The van der Waals surface area contributed by atoms with Gasteiger partial charge < -0.3 is 16.0 Å². The van der Waals surface area contributed by atoms with Crippen molar-refractivity contribution in [2.24, 2.45) is 0 Å². The van der Waals surface area contributed by atoms with E-state index in [1.807, 2.05) is 0 Å². The molecule has 5 heteroatoms. The van der Waals surface area contributed by atoms with Crippen molar-refractivity contribution in [1.82, 2.24) is 10.2 Å². The Morgan fingerprint density at radius 1 is 1.50 bits per heavy atom. The summed E-state index contributed by atoms with van der Waals surface area (Å²) in [6.07, 6.45) is 1.76. The summed E-state index contributed by atoms with van der Waals surface area (Å²) in [6, 6.07) is 3.44. The lowest BCUT2D eigenvalue weighted by atomic mass is 9.98. The highest BCUT2D eigenvalue weighted by Crippen LogP contribution is 2.19. The maximum Gasteiger partial charge on any atom is 0.254 e. The highest BCUT2D eigenvalue weighted by atomic mass is 19.1. The van der Waals surface area contributed by atoms with Crippen LogP contribution in [-0.4, -0.2) is 36.5 Å². The third kappa shape index (κ3) is 3.10. The molecule has 0 saturated carbocycles. The molecule has 1 aromatic rings. The molecule has 2 atom stereocenters. The summed E-state index contributed by atoms with van der Waals surface area (Å²) in [6.45, 7) is 4.67. The van der Waals surface area contributed by atoms with Crippen molar-refractivity contribution in [2.45, 2.75) is 38.8 Å². The van der Waals surface area contributed by atoms with E-state index in [2.05, 4.69) is 24.2 Å². The van der Waals surface area contributed by atoms with Gasteiger partial charge in [0.2, 0.25) is 0 Å². The van der Waals surface area contributed by atoms with E-state index >= 15 is 0 Å². The first-order valence-corrected chi connectivity index (χ1v) is 6.95. The maximum absolute atomic E-state index is 14.0. The van der Waals surface area contributed by atoms with Crippen LogP contribution in [0.5, 0.6) is 0 Å². The van der Waals surface area contributed by atoms with Gasteiger partial charge in [-0.25, -0.2) is 4.39 Å². The van der Waals surface area contributed by atoms with Crippen molar-refractivity contribution >= 4 is 11.6 Å². The number of piperidine rings is 1. The minimum atomic E-state index is -0.488. The van der Waals surface area contributed by atoms with Crippen LogP contribution < -0.4 is 11.1 Å². The molecule has 110 valence electrons. The fourth-order valence-corrected chi connectivity index (χ4v) is 2.65. The number of carbonyl (C=O) groups excluding carboxylic acids is 1. The van der Waals surface area contributed by atoms with E-state index < -0.39 is 5.82 Å². The summed E-state index contributed by atoms with van der Waals surface area (Å²) in [5.74, 6) is -0.864. The van der Waals surface area contributed by atoms with Gasteiger partial charge in [-0.05, 0) is 51.4 Å². The minimum Gasteiger partial charge on any atom is -0.399 e. The van der Waals surface area contributed by atoms with Crippen LogP contribution in [0, 0.1) is 12.7 Å². The number of nitrogens with two attached hydrogens (primary N) is 1. The van der Waals surface area contributed by atoms with Gasteiger partial charge in [0, 0.05) is 24.3 Å². The molecular weight excluding hydrogens is 257 g/mol.